The average Bonchev–Trinajstić information content (AvgIpc) is 2.42. The molecule has 0 atom stereocenters. The summed E-state index contributed by atoms with van der Waals surface area (Å²) in [6.07, 6.45) is 0.286. The van der Waals surface area contributed by atoms with Crippen LogP contribution in [0.25, 0.3) is 0 Å². The lowest BCUT2D eigenvalue weighted by molar-refractivity contribution is 0.0982. The molecule has 0 bridgehead atoms. The third kappa shape index (κ3) is 3.51. The Bertz CT molecular complexity index is 669. The van der Waals surface area contributed by atoms with Crippen molar-refractivity contribution >= 4 is 5.78 Å². The second-order valence-corrected chi connectivity index (χ2v) is 5.11. The number of ketones is 1. The fraction of sp³-hybridized carbons (Fsp3) is 0.235. The Morgan fingerprint density at radius 2 is 1.62 bits per heavy atom. The largest absolute Gasteiger partial charge is 0.294 e. The van der Waals surface area contributed by atoms with Gasteiger partial charge in [0, 0.05) is 12.0 Å². The molecule has 2 aromatic carbocycles. The van der Waals surface area contributed by atoms with Gasteiger partial charge in [0.1, 0.15) is 0 Å². The molecule has 2 rings (SSSR count). The van der Waals surface area contributed by atoms with E-state index < -0.39 is 17.5 Å². The highest BCUT2D eigenvalue weighted by atomic mass is 19.2. The lowest BCUT2D eigenvalue weighted by atomic mass is 9.98. The van der Waals surface area contributed by atoms with Crippen molar-refractivity contribution in [1.29, 1.82) is 0 Å². The summed E-state index contributed by atoms with van der Waals surface area (Å²) in [5, 5.41) is 0. The fourth-order valence-corrected chi connectivity index (χ4v) is 2.27. The van der Waals surface area contributed by atoms with Crippen molar-refractivity contribution in [2.45, 2.75) is 26.7 Å². The monoisotopic (exact) mass is 292 g/mol. The zero-order valence-corrected chi connectivity index (χ0v) is 11.8. The predicted octanol–water partition coefficient (Wildman–Crippen LogP) is 4.54. The Labute approximate surface area is 121 Å². The Morgan fingerprint density at radius 1 is 1.00 bits per heavy atom. The minimum atomic E-state index is -1.49. The highest BCUT2D eigenvalue weighted by Crippen LogP contribution is 2.17. The summed E-state index contributed by atoms with van der Waals surface area (Å²) in [6, 6.07) is 7.35. The molecule has 4 heteroatoms. The number of aryl methyl sites for hydroxylation is 3. The summed E-state index contributed by atoms with van der Waals surface area (Å²) in [4.78, 5) is 12.1. The van der Waals surface area contributed by atoms with Gasteiger partial charge in [-0.25, -0.2) is 13.2 Å². The first kappa shape index (κ1) is 15.3. The van der Waals surface area contributed by atoms with Crippen molar-refractivity contribution in [3.8, 4) is 0 Å². The Hall–Kier alpha value is -2.10. The van der Waals surface area contributed by atoms with Gasteiger partial charge in [-0.2, -0.15) is 0 Å². The summed E-state index contributed by atoms with van der Waals surface area (Å²) < 4.78 is 39.0. The molecule has 0 aliphatic rings. The van der Waals surface area contributed by atoms with Gasteiger partial charge in [0.15, 0.2) is 23.2 Å². The number of carbonyl (C=O) groups is 1. The van der Waals surface area contributed by atoms with Crippen LogP contribution < -0.4 is 0 Å². The molecule has 0 aromatic heterocycles. The van der Waals surface area contributed by atoms with Crippen molar-refractivity contribution in [3.05, 3.63) is 70.0 Å². The molecular formula is C17H15F3O. The van der Waals surface area contributed by atoms with Crippen LogP contribution in [-0.4, -0.2) is 5.78 Å². The summed E-state index contributed by atoms with van der Waals surface area (Å²) in [6.45, 7) is 3.78. The molecule has 0 unspecified atom stereocenters. The standard InChI is InChI=1S/C17H15F3O/c1-10-3-5-13(11(2)7-10)16(21)6-4-12-8-14(18)17(20)15(19)9-12/h3,5,7-9H,4,6H2,1-2H3. The van der Waals surface area contributed by atoms with E-state index in [1.807, 2.05) is 26.0 Å². The van der Waals surface area contributed by atoms with Gasteiger partial charge in [0.05, 0.1) is 0 Å². The molecule has 0 N–H and O–H groups in total. The van der Waals surface area contributed by atoms with Crippen LogP contribution in [0.15, 0.2) is 30.3 Å². The molecule has 0 fully saturated rings. The van der Waals surface area contributed by atoms with Crippen LogP contribution in [0.1, 0.15) is 33.5 Å². The van der Waals surface area contributed by atoms with Crippen molar-refractivity contribution in [2.24, 2.45) is 0 Å². The number of Topliss-reactive ketones (excluding diaryl/α,β-unsaturated/α-hetero) is 1. The van der Waals surface area contributed by atoms with Crippen LogP contribution in [0, 0.1) is 31.3 Å². The van der Waals surface area contributed by atoms with Crippen LogP contribution in [0.2, 0.25) is 0 Å². The van der Waals surface area contributed by atoms with Gasteiger partial charge in [-0.1, -0.05) is 23.8 Å². The summed E-state index contributed by atoms with van der Waals surface area (Å²) >= 11 is 0. The molecule has 0 saturated carbocycles. The van der Waals surface area contributed by atoms with Crippen molar-refractivity contribution in [1.82, 2.24) is 0 Å². The first-order chi connectivity index (χ1) is 9.88. The second kappa shape index (κ2) is 6.12. The average molecular weight is 292 g/mol. The third-order valence-corrected chi connectivity index (χ3v) is 3.37. The van der Waals surface area contributed by atoms with Gasteiger partial charge in [-0.3, -0.25) is 4.79 Å². The Kier molecular flexibility index (Phi) is 4.46. The molecule has 0 radical (unpaired) electrons. The molecule has 2 aromatic rings. The number of halogens is 3. The minimum absolute atomic E-state index is 0.0994. The van der Waals surface area contributed by atoms with Gasteiger partial charge < -0.3 is 0 Å². The number of carbonyl (C=O) groups excluding carboxylic acids is 1. The van der Waals surface area contributed by atoms with E-state index in [4.69, 9.17) is 0 Å². The first-order valence-electron chi connectivity index (χ1n) is 6.62. The topological polar surface area (TPSA) is 17.1 Å². The van der Waals surface area contributed by atoms with E-state index in [0.717, 1.165) is 23.3 Å². The molecule has 110 valence electrons. The van der Waals surface area contributed by atoms with E-state index >= 15 is 0 Å². The minimum Gasteiger partial charge on any atom is -0.294 e. The molecular weight excluding hydrogens is 277 g/mol. The van der Waals surface area contributed by atoms with Crippen LogP contribution >= 0.6 is 0 Å². The van der Waals surface area contributed by atoms with Crippen LogP contribution in [0.4, 0.5) is 13.2 Å². The molecule has 0 heterocycles. The highest BCUT2D eigenvalue weighted by molar-refractivity contribution is 5.97. The lowest BCUT2D eigenvalue weighted by Gasteiger charge is -2.07. The van der Waals surface area contributed by atoms with Gasteiger partial charge in [-0.05, 0) is 43.5 Å². The van der Waals surface area contributed by atoms with E-state index in [-0.39, 0.29) is 24.2 Å². The van der Waals surface area contributed by atoms with Crippen LogP contribution in [0.5, 0.6) is 0 Å². The summed E-state index contributed by atoms with van der Waals surface area (Å²) in [5.74, 6) is -4.05. The number of hydrogen-bond acceptors (Lipinski definition) is 1. The zero-order chi connectivity index (χ0) is 15.6. The molecule has 0 amide bonds. The van der Waals surface area contributed by atoms with Crippen molar-refractivity contribution < 1.29 is 18.0 Å². The number of benzene rings is 2. The molecule has 0 saturated heterocycles. The van der Waals surface area contributed by atoms with E-state index in [1.165, 1.54) is 0 Å². The van der Waals surface area contributed by atoms with Gasteiger partial charge in [0.2, 0.25) is 0 Å². The second-order valence-electron chi connectivity index (χ2n) is 5.11. The number of hydrogen-bond donors (Lipinski definition) is 0. The molecule has 0 aliphatic heterocycles. The van der Waals surface area contributed by atoms with E-state index in [1.54, 1.807) is 6.07 Å². The predicted molar refractivity (Wildman–Crippen MR) is 74.9 cm³/mol. The normalized spacial score (nSPS) is 10.7. The zero-order valence-electron chi connectivity index (χ0n) is 11.8. The highest BCUT2D eigenvalue weighted by Gasteiger charge is 2.13. The smallest absolute Gasteiger partial charge is 0.194 e. The lowest BCUT2D eigenvalue weighted by Crippen LogP contribution is -2.04. The van der Waals surface area contributed by atoms with E-state index in [0.29, 0.717) is 5.56 Å². The number of rotatable bonds is 4. The van der Waals surface area contributed by atoms with E-state index in [2.05, 4.69) is 0 Å². The molecule has 21 heavy (non-hydrogen) atoms. The maximum Gasteiger partial charge on any atom is 0.194 e. The van der Waals surface area contributed by atoms with Crippen LogP contribution in [-0.2, 0) is 6.42 Å². The van der Waals surface area contributed by atoms with Crippen LogP contribution in [0.3, 0.4) is 0 Å². The molecule has 1 nitrogen and oxygen atoms in total. The van der Waals surface area contributed by atoms with Crippen molar-refractivity contribution in [2.75, 3.05) is 0 Å². The molecule has 0 aliphatic carbocycles. The quantitative estimate of drug-likeness (QED) is 0.597. The summed E-state index contributed by atoms with van der Waals surface area (Å²) in [7, 11) is 0. The first-order valence-corrected chi connectivity index (χ1v) is 6.62. The van der Waals surface area contributed by atoms with Gasteiger partial charge in [0.25, 0.3) is 0 Å². The van der Waals surface area contributed by atoms with Gasteiger partial charge in [-0.15, -0.1) is 0 Å². The Balaban J connectivity index is 2.11. The van der Waals surface area contributed by atoms with Gasteiger partial charge >= 0.3 is 0 Å². The SMILES string of the molecule is Cc1ccc(C(=O)CCc2cc(F)c(F)c(F)c2)c(C)c1. The van der Waals surface area contributed by atoms with E-state index in [9.17, 15) is 18.0 Å². The maximum atomic E-state index is 13.1. The molecule has 0 spiro atoms. The van der Waals surface area contributed by atoms with Crippen molar-refractivity contribution in [3.63, 3.8) is 0 Å². The summed E-state index contributed by atoms with van der Waals surface area (Å²) in [5.41, 5.74) is 2.80. The maximum absolute atomic E-state index is 13.1. The fourth-order valence-electron chi connectivity index (χ4n) is 2.27. The Morgan fingerprint density at radius 3 is 2.19 bits per heavy atom. The third-order valence-electron chi connectivity index (χ3n) is 3.37.